The van der Waals surface area contributed by atoms with Crippen molar-refractivity contribution in [2.45, 2.75) is 59.9 Å². The molecule has 32 heavy (non-hydrogen) atoms. The van der Waals surface area contributed by atoms with E-state index < -0.39 is 23.2 Å². The van der Waals surface area contributed by atoms with Gasteiger partial charge < -0.3 is 10.2 Å². The molecule has 10 heteroatoms. The molecule has 1 aromatic carbocycles. The number of nitrogens with one attached hydrogen (secondary N) is 1. The van der Waals surface area contributed by atoms with E-state index in [2.05, 4.69) is 20.5 Å². The average molecular weight is 446 g/mol. The molecular formula is C22H25F3N6O. The normalized spacial score (nSPS) is 15.2. The van der Waals surface area contributed by atoms with Crippen molar-refractivity contribution in [3.63, 3.8) is 0 Å². The van der Waals surface area contributed by atoms with Crippen molar-refractivity contribution >= 4 is 17.5 Å². The number of rotatable bonds is 3. The summed E-state index contributed by atoms with van der Waals surface area (Å²) in [4.78, 5) is 19.3. The third-order valence-corrected chi connectivity index (χ3v) is 5.61. The summed E-state index contributed by atoms with van der Waals surface area (Å²) < 4.78 is 41.2. The first-order valence-corrected chi connectivity index (χ1v) is 10.3. The monoisotopic (exact) mass is 446 g/mol. The Balaban J connectivity index is 1.72. The lowest BCUT2D eigenvalue weighted by Gasteiger charge is -2.25. The SMILES string of the molecule is Cc1nnc2nc(NC(C)c3cccc(C(F)(F)F)c3)c3c(n12)CN(C(=O)C(C)(C)C)C3. The summed E-state index contributed by atoms with van der Waals surface area (Å²) in [6.45, 7) is 9.92. The number of amides is 1. The minimum Gasteiger partial charge on any atom is -0.363 e. The van der Waals surface area contributed by atoms with Gasteiger partial charge in [0.25, 0.3) is 5.78 Å². The number of anilines is 1. The van der Waals surface area contributed by atoms with Crippen molar-refractivity contribution < 1.29 is 18.0 Å². The Hall–Kier alpha value is -3.17. The van der Waals surface area contributed by atoms with E-state index in [4.69, 9.17) is 0 Å². The van der Waals surface area contributed by atoms with E-state index in [-0.39, 0.29) is 5.91 Å². The summed E-state index contributed by atoms with van der Waals surface area (Å²) in [6, 6.07) is 4.76. The van der Waals surface area contributed by atoms with Gasteiger partial charge in [-0.2, -0.15) is 18.2 Å². The highest BCUT2D eigenvalue weighted by Crippen LogP contribution is 2.35. The van der Waals surface area contributed by atoms with Crippen LogP contribution in [0.1, 0.15) is 61.9 Å². The van der Waals surface area contributed by atoms with Gasteiger partial charge in [0.2, 0.25) is 5.91 Å². The molecule has 0 saturated carbocycles. The van der Waals surface area contributed by atoms with E-state index in [0.717, 1.165) is 23.4 Å². The molecule has 1 unspecified atom stereocenters. The third kappa shape index (κ3) is 3.89. The smallest absolute Gasteiger partial charge is 0.363 e. The molecule has 3 aromatic rings. The standard InChI is InChI=1S/C22H25F3N6O/c1-12(14-7-6-8-15(9-14)22(23,24)25)26-18-16-10-30(19(32)21(3,4)5)11-17(16)31-13(2)28-29-20(31)27-18/h6-9,12H,10-11H2,1-5H3,(H,26,27,29). The fourth-order valence-corrected chi connectivity index (χ4v) is 3.95. The minimum atomic E-state index is -4.42. The van der Waals surface area contributed by atoms with Gasteiger partial charge in [-0.3, -0.25) is 9.20 Å². The van der Waals surface area contributed by atoms with Gasteiger partial charge in [-0.15, -0.1) is 10.2 Å². The summed E-state index contributed by atoms with van der Waals surface area (Å²) in [7, 11) is 0. The van der Waals surface area contributed by atoms with E-state index in [9.17, 15) is 18.0 Å². The molecule has 0 radical (unpaired) electrons. The van der Waals surface area contributed by atoms with Crippen LogP contribution in [0, 0.1) is 12.3 Å². The number of aryl methyl sites for hydroxylation is 1. The van der Waals surface area contributed by atoms with Crippen molar-refractivity contribution in [1.82, 2.24) is 24.5 Å². The fourth-order valence-electron chi connectivity index (χ4n) is 3.95. The van der Waals surface area contributed by atoms with E-state index >= 15 is 0 Å². The fraction of sp³-hybridized carbons (Fsp3) is 0.455. The zero-order chi connectivity index (χ0) is 23.4. The topological polar surface area (TPSA) is 75.4 Å². The molecular weight excluding hydrogens is 421 g/mol. The van der Waals surface area contributed by atoms with Gasteiger partial charge in [0.15, 0.2) is 0 Å². The van der Waals surface area contributed by atoms with Crippen LogP contribution in [0.25, 0.3) is 5.78 Å². The lowest BCUT2D eigenvalue weighted by Crippen LogP contribution is -2.35. The quantitative estimate of drug-likeness (QED) is 0.641. The maximum Gasteiger partial charge on any atom is 0.416 e. The largest absolute Gasteiger partial charge is 0.416 e. The van der Waals surface area contributed by atoms with E-state index in [1.165, 1.54) is 6.07 Å². The van der Waals surface area contributed by atoms with Crippen LogP contribution in [-0.2, 0) is 24.1 Å². The summed E-state index contributed by atoms with van der Waals surface area (Å²) in [5.41, 5.74) is 0.905. The van der Waals surface area contributed by atoms with Crippen molar-refractivity contribution in [3.05, 3.63) is 52.5 Å². The molecule has 2 aromatic heterocycles. The number of alkyl halides is 3. The van der Waals surface area contributed by atoms with Crippen LogP contribution in [0.3, 0.4) is 0 Å². The summed E-state index contributed by atoms with van der Waals surface area (Å²) in [5.74, 6) is 1.54. The molecule has 1 atom stereocenters. The van der Waals surface area contributed by atoms with Crippen LogP contribution in [-0.4, -0.2) is 30.4 Å². The Morgan fingerprint density at radius 2 is 1.88 bits per heavy atom. The third-order valence-electron chi connectivity index (χ3n) is 5.61. The van der Waals surface area contributed by atoms with E-state index in [1.54, 1.807) is 17.9 Å². The van der Waals surface area contributed by atoms with Gasteiger partial charge in [-0.25, -0.2) is 0 Å². The van der Waals surface area contributed by atoms with Gasteiger partial charge in [-0.1, -0.05) is 32.9 Å². The zero-order valence-corrected chi connectivity index (χ0v) is 18.6. The number of fused-ring (bicyclic) bond motifs is 3. The minimum absolute atomic E-state index is 0.00412. The number of aromatic nitrogens is 4. The van der Waals surface area contributed by atoms with Crippen molar-refractivity contribution in [1.29, 1.82) is 0 Å². The first-order valence-electron chi connectivity index (χ1n) is 10.3. The van der Waals surface area contributed by atoms with Gasteiger partial charge in [0, 0.05) is 17.0 Å². The summed E-state index contributed by atoms with van der Waals surface area (Å²) in [5, 5.41) is 11.5. The predicted octanol–water partition coefficient (Wildman–Crippen LogP) is 4.51. The number of carbonyl (C=O) groups is 1. The number of carbonyl (C=O) groups excluding carboxylic acids is 1. The maximum atomic E-state index is 13.1. The Morgan fingerprint density at radius 1 is 1.16 bits per heavy atom. The highest BCUT2D eigenvalue weighted by molar-refractivity contribution is 5.82. The second-order valence-electron chi connectivity index (χ2n) is 9.17. The highest BCUT2D eigenvalue weighted by Gasteiger charge is 2.35. The number of halogens is 3. The van der Waals surface area contributed by atoms with Crippen LogP contribution in [0.2, 0.25) is 0 Å². The molecule has 3 heterocycles. The molecule has 0 fully saturated rings. The van der Waals surface area contributed by atoms with Crippen molar-refractivity contribution in [2.24, 2.45) is 5.41 Å². The molecule has 1 aliphatic rings. The van der Waals surface area contributed by atoms with Gasteiger partial charge in [-0.05, 0) is 31.5 Å². The number of nitrogens with zero attached hydrogens (tertiary/aromatic N) is 5. The Morgan fingerprint density at radius 3 is 2.53 bits per heavy atom. The molecule has 0 spiro atoms. The van der Waals surface area contributed by atoms with Crippen LogP contribution < -0.4 is 5.32 Å². The maximum absolute atomic E-state index is 13.1. The van der Waals surface area contributed by atoms with Crippen LogP contribution in [0.4, 0.5) is 19.0 Å². The Bertz CT molecular complexity index is 1190. The predicted molar refractivity (Wildman–Crippen MR) is 113 cm³/mol. The molecule has 170 valence electrons. The molecule has 7 nitrogen and oxygen atoms in total. The van der Waals surface area contributed by atoms with Crippen LogP contribution in [0.15, 0.2) is 24.3 Å². The molecule has 0 bridgehead atoms. The van der Waals surface area contributed by atoms with Crippen LogP contribution in [0.5, 0.6) is 0 Å². The molecule has 1 amide bonds. The Kier molecular flexibility index (Phi) is 5.14. The second-order valence-corrected chi connectivity index (χ2v) is 9.17. The zero-order valence-electron chi connectivity index (χ0n) is 18.6. The molecule has 0 aliphatic carbocycles. The highest BCUT2D eigenvalue weighted by atomic mass is 19.4. The molecule has 0 saturated heterocycles. The lowest BCUT2D eigenvalue weighted by molar-refractivity contribution is -0.140. The average Bonchev–Trinajstić information content (AvgIpc) is 3.30. The summed E-state index contributed by atoms with van der Waals surface area (Å²) in [6.07, 6.45) is -4.42. The van der Waals surface area contributed by atoms with E-state index in [0.29, 0.717) is 36.1 Å². The van der Waals surface area contributed by atoms with Crippen molar-refractivity contribution in [2.75, 3.05) is 5.32 Å². The van der Waals surface area contributed by atoms with Gasteiger partial charge >= 0.3 is 6.18 Å². The van der Waals surface area contributed by atoms with E-state index in [1.807, 2.05) is 32.1 Å². The summed E-state index contributed by atoms with van der Waals surface area (Å²) >= 11 is 0. The number of hydrogen-bond acceptors (Lipinski definition) is 5. The number of hydrogen-bond donors (Lipinski definition) is 1. The molecule has 1 N–H and O–H groups in total. The van der Waals surface area contributed by atoms with Crippen molar-refractivity contribution in [3.8, 4) is 0 Å². The first kappa shape index (κ1) is 22.0. The molecule has 1 aliphatic heterocycles. The van der Waals surface area contributed by atoms with Gasteiger partial charge in [0.05, 0.1) is 24.3 Å². The lowest BCUT2D eigenvalue weighted by atomic mass is 9.95. The number of benzene rings is 1. The second kappa shape index (κ2) is 7.46. The van der Waals surface area contributed by atoms with Gasteiger partial charge in [0.1, 0.15) is 11.6 Å². The van der Waals surface area contributed by atoms with Crippen LogP contribution >= 0.6 is 0 Å². The Labute approximate surface area is 183 Å². The molecule has 4 rings (SSSR count). The first-order chi connectivity index (χ1) is 14.9.